The Hall–Kier alpha value is -1.20. The van der Waals surface area contributed by atoms with Crippen LogP contribution in [0.3, 0.4) is 0 Å². The average Bonchev–Trinajstić information content (AvgIpc) is 2.81. The molecule has 6 N–H and O–H groups in total. The molecule has 0 radical (unpaired) electrons. The zero-order chi connectivity index (χ0) is 23.3. The third-order valence-electron chi connectivity index (χ3n) is 6.53. The van der Waals surface area contributed by atoms with Crippen LogP contribution in [0.25, 0.3) is 0 Å². The Morgan fingerprint density at radius 2 is 1.94 bits per heavy atom. The van der Waals surface area contributed by atoms with Gasteiger partial charge in [-0.1, -0.05) is 30.3 Å². The zero-order valence-corrected chi connectivity index (χ0v) is 19.4. The van der Waals surface area contributed by atoms with Gasteiger partial charge in [0.2, 0.25) is 5.91 Å². The van der Waals surface area contributed by atoms with E-state index < -0.39 is 48.0 Å². The zero-order valence-electron chi connectivity index (χ0n) is 18.6. The van der Waals surface area contributed by atoms with E-state index in [-0.39, 0.29) is 5.91 Å². The summed E-state index contributed by atoms with van der Waals surface area (Å²) in [5, 5.41) is 47.2. The van der Waals surface area contributed by atoms with Crippen LogP contribution in [0.1, 0.15) is 31.7 Å². The van der Waals surface area contributed by atoms with Gasteiger partial charge in [-0.3, -0.25) is 4.79 Å². The SMILES string of the molecule is CS[C@H]1OC([C@H](NC(=O)C2CC(CCc3ccccc3)CCN2)[C@@H](C)O)[C@H](O)[C@H](O)[C@H]1O. The molecule has 3 rings (SSSR count). The molecule has 0 aliphatic carbocycles. The first-order valence-electron chi connectivity index (χ1n) is 11.3. The van der Waals surface area contributed by atoms with Gasteiger partial charge >= 0.3 is 0 Å². The summed E-state index contributed by atoms with van der Waals surface area (Å²) in [6, 6.07) is 8.95. The summed E-state index contributed by atoms with van der Waals surface area (Å²) >= 11 is 1.19. The number of aliphatic hydroxyl groups is 4. The fourth-order valence-corrected chi connectivity index (χ4v) is 5.26. The van der Waals surface area contributed by atoms with Crippen molar-refractivity contribution in [3.63, 3.8) is 0 Å². The molecule has 2 fully saturated rings. The summed E-state index contributed by atoms with van der Waals surface area (Å²) in [5.74, 6) is 0.143. The highest BCUT2D eigenvalue weighted by molar-refractivity contribution is 7.99. The topological polar surface area (TPSA) is 131 Å². The van der Waals surface area contributed by atoms with Gasteiger partial charge in [-0.2, -0.15) is 0 Å². The number of hydrogen-bond acceptors (Lipinski definition) is 8. The highest BCUT2D eigenvalue weighted by Crippen LogP contribution is 2.30. The van der Waals surface area contributed by atoms with E-state index in [0.717, 1.165) is 25.8 Å². The van der Waals surface area contributed by atoms with Gasteiger partial charge in [0.05, 0.1) is 18.2 Å². The molecule has 9 atom stereocenters. The summed E-state index contributed by atoms with van der Waals surface area (Å²) in [5.41, 5.74) is 0.514. The quantitative estimate of drug-likeness (QED) is 0.315. The van der Waals surface area contributed by atoms with Crippen molar-refractivity contribution in [2.75, 3.05) is 12.8 Å². The molecule has 2 heterocycles. The second-order valence-corrected chi connectivity index (χ2v) is 9.81. The predicted molar refractivity (Wildman–Crippen MR) is 123 cm³/mol. The molecule has 1 aromatic rings. The minimum atomic E-state index is -1.44. The number of thioether (sulfide) groups is 1. The largest absolute Gasteiger partial charge is 0.391 e. The average molecular weight is 469 g/mol. The van der Waals surface area contributed by atoms with Crippen molar-refractivity contribution >= 4 is 17.7 Å². The van der Waals surface area contributed by atoms with E-state index in [1.54, 1.807) is 6.26 Å². The number of benzene rings is 1. The molecule has 9 heteroatoms. The number of aliphatic hydroxyl groups excluding tert-OH is 4. The third-order valence-corrected chi connectivity index (χ3v) is 7.39. The maximum Gasteiger partial charge on any atom is 0.237 e. The van der Waals surface area contributed by atoms with Crippen LogP contribution < -0.4 is 10.6 Å². The molecule has 1 amide bonds. The maximum absolute atomic E-state index is 13.0. The van der Waals surface area contributed by atoms with Crippen LogP contribution in [0.2, 0.25) is 0 Å². The van der Waals surface area contributed by atoms with E-state index in [1.165, 1.54) is 24.2 Å². The van der Waals surface area contributed by atoms with Gasteiger partial charge in [0.15, 0.2) is 0 Å². The van der Waals surface area contributed by atoms with Crippen LogP contribution >= 0.6 is 11.8 Å². The van der Waals surface area contributed by atoms with Crippen molar-refractivity contribution in [3.8, 4) is 0 Å². The fraction of sp³-hybridized carbons (Fsp3) is 0.696. The Morgan fingerprint density at radius 3 is 2.59 bits per heavy atom. The highest BCUT2D eigenvalue weighted by Gasteiger charge is 2.48. The summed E-state index contributed by atoms with van der Waals surface area (Å²) in [6.07, 6.45) is -0.833. The van der Waals surface area contributed by atoms with E-state index in [1.807, 2.05) is 18.2 Å². The first-order valence-corrected chi connectivity index (χ1v) is 12.6. The number of hydrogen-bond donors (Lipinski definition) is 6. The molecule has 1 aromatic carbocycles. The molecule has 0 spiro atoms. The lowest BCUT2D eigenvalue weighted by Crippen LogP contribution is -2.66. The van der Waals surface area contributed by atoms with Crippen LogP contribution in [0, 0.1) is 5.92 Å². The number of ether oxygens (including phenoxy) is 1. The van der Waals surface area contributed by atoms with E-state index in [0.29, 0.717) is 12.3 Å². The molecule has 2 aliphatic rings. The van der Waals surface area contributed by atoms with Crippen molar-refractivity contribution in [1.82, 2.24) is 10.6 Å². The minimum Gasteiger partial charge on any atom is -0.391 e. The van der Waals surface area contributed by atoms with Gasteiger partial charge in [-0.15, -0.1) is 11.8 Å². The molecule has 0 saturated carbocycles. The van der Waals surface area contributed by atoms with Gasteiger partial charge in [0, 0.05) is 0 Å². The summed E-state index contributed by atoms with van der Waals surface area (Å²) in [4.78, 5) is 13.0. The number of amides is 1. The van der Waals surface area contributed by atoms with Crippen LogP contribution in [0.15, 0.2) is 30.3 Å². The van der Waals surface area contributed by atoms with Crippen LogP contribution in [-0.2, 0) is 16.0 Å². The molecule has 3 unspecified atom stereocenters. The van der Waals surface area contributed by atoms with Gasteiger partial charge in [-0.05, 0) is 56.9 Å². The van der Waals surface area contributed by atoms with E-state index in [4.69, 9.17) is 4.74 Å². The lowest BCUT2D eigenvalue weighted by molar-refractivity contribution is -0.211. The van der Waals surface area contributed by atoms with Crippen molar-refractivity contribution in [2.45, 2.75) is 80.6 Å². The molecule has 2 saturated heterocycles. The fourth-order valence-electron chi connectivity index (χ4n) is 4.58. The van der Waals surface area contributed by atoms with Crippen molar-refractivity contribution < 1.29 is 30.0 Å². The number of rotatable bonds is 8. The van der Waals surface area contributed by atoms with E-state index in [2.05, 4.69) is 22.8 Å². The number of aryl methyl sites for hydroxylation is 1. The molecule has 8 nitrogen and oxygen atoms in total. The Kier molecular flexibility index (Phi) is 9.36. The molecule has 0 bridgehead atoms. The molecule has 180 valence electrons. The number of carbonyl (C=O) groups is 1. The number of carbonyl (C=O) groups excluding carboxylic acids is 1. The number of nitrogens with one attached hydrogen (secondary N) is 2. The Labute approximate surface area is 193 Å². The maximum atomic E-state index is 13.0. The minimum absolute atomic E-state index is 0.266. The second kappa shape index (κ2) is 11.8. The summed E-state index contributed by atoms with van der Waals surface area (Å²) in [6.45, 7) is 2.24. The normalized spacial score (nSPS) is 35.1. The molecule has 2 aliphatic heterocycles. The van der Waals surface area contributed by atoms with Gasteiger partial charge in [-0.25, -0.2) is 0 Å². The predicted octanol–water partition coefficient (Wildman–Crippen LogP) is 0.0236. The first kappa shape index (κ1) is 25.4. The molecule has 0 aromatic heterocycles. The molecule has 32 heavy (non-hydrogen) atoms. The standard InChI is InChI=1S/C23H36N2O6S/c1-13(26)17(21-19(28)18(27)20(29)23(31-21)32-2)25-22(30)16-12-15(10-11-24-16)9-8-14-6-4-3-5-7-14/h3-7,13,15-21,23-24,26-29H,8-12H2,1-2H3,(H,25,30)/t13-,15?,16?,17-,18+,19-,20-,21?,23-/m1/s1. The van der Waals surface area contributed by atoms with Crippen molar-refractivity contribution in [2.24, 2.45) is 5.92 Å². The van der Waals surface area contributed by atoms with Crippen molar-refractivity contribution in [3.05, 3.63) is 35.9 Å². The molecular formula is C23H36N2O6S. The van der Waals surface area contributed by atoms with Crippen LogP contribution in [0.4, 0.5) is 0 Å². The van der Waals surface area contributed by atoms with Gasteiger partial charge in [0.25, 0.3) is 0 Å². The van der Waals surface area contributed by atoms with Gasteiger partial charge in [0.1, 0.15) is 29.9 Å². The monoisotopic (exact) mass is 468 g/mol. The smallest absolute Gasteiger partial charge is 0.237 e. The van der Waals surface area contributed by atoms with Crippen molar-refractivity contribution in [1.29, 1.82) is 0 Å². The molecular weight excluding hydrogens is 432 g/mol. The Morgan fingerprint density at radius 1 is 1.22 bits per heavy atom. The Balaban J connectivity index is 1.60. The summed E-state index contributed by atoms with van der Waals surface area (Å²) < 4.78 is 5.76. The van der Waals surface area contributed by atoms with Crippen LogP contribution in [0.5, 0.6) is 0 Å². The van der Waals surface area contributed by atoms with Gasteiger partial charge < -0.3 is 35.8 Å². The lowest BCUT2D eigenvalue weighted by Gasteiger charge is -2.44. The highest BCUT2D eigenvalue weighted by atomic mass is 32.2. The van der Waals surface area contributed by atoms with Crippen LogP contribution in [-0.4, -0.2) is 87.2 Å². The first-order chi connectivity index (χ1) is 15.3. The van der Waals surface area contributed by atoms with E-state index >= 15 is 0 Å². The third kappa shape index (κ3) is 6.22. The number of piperidine rings is 1. The van der Waals surface area contributed by atoms with E-state index in [9.17, 15) is 25.2 Å². The second-order valence-electron chi connectivity index (χ2n) is 8.87. The Bertz CT molecular complexity index is 722. The summed E-state index contributed by atoms with van der Waals surface area (Å²) in [7, 11) is 0. The lowest BCUT2D eigenvalue weighted by atomic mass is 9.86.